The predicted molar refractivity (Wildman–Crippen MR) is 106 cm³/mol. The molecular weight excluding hydrogens is 389 g/mol. The first-order chi connectivity index (χ1) is 12.8. The molecule has 0 bridgehead atoms. The number of anilines is 1. The highest BCUT2D eigenvalue weighted by Gasteiger charge is 2.33. The summed E-state index contributed by atoms with van der Waals surface area (Å²) >= 11 is 6.42. The summed E-state index contributed by atoms with van der Waals surface area (Å²) in [5, 5.41) is 8.93. The number of hydrogen-bond donors (Lipinski definition) is 1. The Kier molecular flexibility index (Phi) is 5.57. The van der Waals surface area contributed by atoms with E-state index in [2.05, 4.69) is 0 Å². The van der Waals surface area contributed by atoms with E-state index in [0.29, 0.717) is 26.2 Å². The molecule has 1 atom stereocenters. The Labute approximate surface area is 164 Å². The lowest BCUT2D eigenvalue weighted by Gasteiger charge is -2.14. The quantitative estimate of drug-likeness (QED) is 0.599. The van der Waals surface area contributed by atoms with Crippen LogP contribution in [-0.2, 0) is 9.59 Å². The summed E-state index contributed by atoms with van der Waals surface area (Å²) in [7, 11) is 0. The van der Waals surface area contributed by atoms with Crippen molar-refractivity contribution in [3.63, 3.8) is 0 Å². The molecule has 2 aromatic carbocycles. The van der Waals surface area contributed by atoms with Crippen molar-refractivity contribution in [1.82, 2.24) is 0 Å². The zero-order valence-electron chi connectivity index (χ0n) is 14.1. The van der Waals surface area contributed by atoms with Crippen molar-refractivity contribution >= 4 is 51.9 Å². The average molecular weight is 403 g/mol. The molecule has 1 aliphatic heterocycles. The number of carbonyl (C=O) groups is 2. The van der Waals surface area contributed by atoms with E-state index in [1.807, 2.05) is 0 Å². The minimum Gasteiger partial charge on any atom is -0.479 e. The highest BCUT2D eigenvalue weighted by atomic mass is 32.2. The molecule has 1 saturated heterocycles. The van der Waals surface area contributed by atoms with Crippen LogP contribution in [0.15, 0.2) is 53.4 Å². The van der Waals surface area contributed by atoms with Crippen LogP contribution >= 0.6 is 24.0 Å². The molecule has 3 rings (SSSR count). The van der Waals surface area contributed by atoms with Gasteiger partial charge in [0.05, 0.1) is 10.6 Å². The van der Waals surface area contributed by atoms with Gasteiger partial charge in [-0.25, -0.2) is 9.18 Å². The Morgan fingerprint density at radius 2 is 2.00 bits per heavy atom. The van der Waals surface area contributed by atoms with Gasteiger partial charge in [-0.2, -0.15) is 0 Å². The molecule has 5 nitrogen and oxygen atoms in total. The lowest BCUT2D eigenvalue weighted by molar-refractivity contribution is -0.144. The van der Waals surface area contributed by atoms with Gasteiger partial charge in [0.15, 0.2) is 10.4 Å². The molecule has 27 heavy (non-hydrogen) atoms. The minimum atomic E-state index is -1.07. The second kappa shape index (κ2) is 7.89. The number of thioether (sulfide) groups is 1. The highest BCUT2D eigenvalue weighted by molar-refractivity contribution is 8.27. The van der Waals surface area contributed by atoms with E-state index in [0.717, 1.165) is 11.8 Å². The van der Waals surface area contributed by atoms with E-state index >= 15 is 0 Å². The van der Waals surface area contributed by atoms with Gasteiger partial charge in [-0.3, -0.25) is 9.69 Å². The predicted octanol–water partition coefficient (Wildman–Crippen LogP) is 4.08. The zero-order valence-corrected chi connectivity index (χ0v) is 15.7. The number of rotatable bonds is 5. The van der Waals surface area contributed by atoms with Crippen LogP contribution < -0.4 is 9.64 Å². The van der Waals surface area contributed by atoms with Gasteiger partial charge >= 0.3 is 5.97 Å². The fraction of sp³-hybridized carbons (Fsp3) is 0.105. The van der Waals surface area contributed by atoms with E-state index < -0.39 is 17.9 Å². The van der Waals surface area contributed by atoms with Gasteiger partial charge in [-0.15, -0.1) is 0 Å². The fourth-order valence-electron chi connectivity index (χ4n) is 2.36. The Morgan fingerprint density at radius 1 is 1.30 bits per heavy atom. The number of aliphatic carboxylic acids is 1. The number of thiocarbonyl (C=S) groups is 1. The van der Waals surface area contributed by atoms with Crippen molar-refractivity contribution in [3.05, 3.63) is 64.8 Å². The Hall–Kier alpha value is -2.71. The van der Waals surface area contributed by atoms with Crippen molar-refractivity contribution in [2.24, 2.45) is 0 Å². The van der Waals surface area contributed by atoms with E-state index in [-0.39, 0.29) is 5.91 Å². The molecule has 1 aliphatic rings. The maximum absolute atomic E-state index is 13.1. The van der Waals surface area contributed by atoms with Crippen molar-refractivity contribution in [2.75, 3.05) is 4.90 Å². The summed E-state index contributed by atoms with van der Waals surface area (Å²) in [5.74, 6) is -1.39. The first-order valence-corrected chi connectivity index (χ1v) is 9.10. The van der Waals surface area contributed by atoms with Crippen LogP contribution in [0, 0.1) is 5.82 Å². The number of carboxylic acid groups (broad SMARTS) is 1. The topological polar surface area (TPSA) is 66.8 Å². The maximum Gasteiger partial charge on any atom is 0.344 e. The number of benzene rings is 2. The van der Waals surface area contributed by atoms with E-state index in [9.17, 15) is 14.0 Å². The fourth-order valence-corrected chi connectivity index (χ4v) is 3.66. The van der Waals surface area contributed by atoms with Crippen molar-refractivity contribution < 1.29 is 23.8 Å². The highest BCUT2D eigenvalue weighted by Crippen LogP contribution is 2.36. The first-order valence-electron chi connectivity index (χ1n) is 7.88. The lowest BCUT2D eigenvalue weighted by Crippen LogP contribution is -2.27. The van der Waals surface area contributed by atoms with Gasteiger partial charge in [0.1, 0.15) is 11.6 Å². The summed E-state index contributed by atoms with van der Waals surface area (Å²) < 4.78 is 18.8. The van der Waals surface area contributed by atoms with Crippen LogP contribution in [0.5, 0.6) is 5.75 Å². The first kappa shape index (κ1) is 19.1. The molecule has 138 valence electrons. The van der Waals surface area contributed by atoms with Gasteiger partial charge < -0.3 is 9.84 Å². The molecule has 0 aliphatic carbocycles. The number of carbonyl (C=O) groups excluding carboxylic acids is 1. The average Bonchev–Trinajstić information content (AvgIpc) is 2.90. The van der Waals surface area contributed by atoms with E-state index in [4.69, 9.17) is 22.1 Å². The Bertz CT molecular complexity index is 943. The molecule has 2 aromatic rings. The second-order valence-corrected chi connectivity index (χ2v) is 7.34. The van der Waals surface area contributed by atoms with Crippen LogP contribution in [-0.4, -0.2) is 27.4 Å². The Morgan fingerprint density at radius 3 is 2.67 bits per heavy atom. The second-order valence-electron chi connectivity index (χ2n) is 5.66. The zero-order chi connectivity index (χ0) is 19.6. The van der Waals surface area contributed by atoms with E-state index in [1.54, 1.807) is 30.3 Å². The number of ether oxygens (including phenoxy) is 1. The van der Waals surface area contributed by atoms with Crippen LogP contribution in [0.2, 0.25) is 0 Å². The van der Waals surface area contributed by atoms with E-state index in [1.165, 1.54) is 36.1 Å². The van der Waals surface area contributed by atoms with Crippen molar-refractivity contribution in [3.8, 4) is 5.75 Å². The van der Waals surface area contributed by atoms with Gasteiger partial charge in [0.25, 0.3) is 5.91 Å². The summed E-state index contributed by atoms with van der Waals surface area (Å²) in [5.41, 5.74) is 1.17. The molecule has 8 heteroatoms. The van der Waals surface area contributed by atoms with Crippen molar-refractivity contribution in [1.29, 1.82) is 0 Å². The number of hydrogen-bond acceptors (Lipinski definition) is 5. The summed E-state index contributed by atoms with van der Waals surface area (Å²) in [4.78, 5) is 25.4. The van der Waals surface area contributed by atoms with Gasteiger partial charge in [-0.1, -0.05) is 36.1 Å². The summed E-state index contributed by atoms with van der Waals surface area (Å²) in [6.07, 6.45) is 0.665. The Balaban J connectivity index is 1.83. The van der Waals surface area contributed by atoms with Gasteiger partial charge in [-0.05, 0) is 55.0 Å². The smallest absolute Gasteiger partial charge is 0.344 e. The molecule has 1 amide bonds. The third-order valence-electron chi connectivity index (χ3n) is 3.70. The van der Waals surface area contributed by atoms with Crippen LogP contribution in [0.25, 0.3) is 6.08 Å². The maximum atomic E-state index is 13.1. The van der Waals surface area contributed by atoms with Gasteiger partial charge in [0.2, 0.25) is 0 Å². The molecule has 1 fully saturated rings. The number of carboxylic acids is 1. The third kappa shape index (κ3) is 4.35. The molecular formula is C19H14FNO4S2. The molecule has 0 spiro atoms. The molecule has 0 saturated carbocycles. The molecule has 1 heterocycles. The van der Waals surface area contributed by atoms with Crippen LogP contribution in [0.1, 0.15) is 12.5 Å². The number of halogens is 1. The van der Waals surface area contributed by atoms with Gasteiger partial charge in [0, 0.05) is 0 Å². The normalized spacial score (nSPS) is 16.7. The van der Waals surface area contributed by atoms with Crippen molar-refractivity contribution in [2.45, 2.75) is 13.0 Å². The molecule has 0 aromatic heterocycles. The molecule has 0 radical (unpaired) electrons. The molecule has 1 N–H and O–H groups in total. The van der Waals surface area contributed by atoms with Crippen LogP contribution in [0.3, 0.4) is 0 Å². The molecule has 1 unspecified atom stereocenters. The number of nitrogens with zero attached hydrogens (tertiary/aromatic N) is 1. The monoisotopic (exact) mass is 403 g/mol. The largest absolute Gasteiger partial charge is 0.479 e. The summed E-state index contributed by atoms with van der Waals surface area (Å²) in [6.45, 7) is 1.43. The lowest BCUT2D eigenvalue weighted by atomic mass is 10.2. The van der Waals surface area contributed by atoms with Crippen LogP contribution in [0.4, 0.5) is 10.1 Å². The minimum absolute atomic E-state index is 0.304. The standard InChI is InChI=1S/C19H14FNO4S2/c1-11(18(23)24)25-15-4-2-3-12(9-15)10-16-17(22)21(19(26)27-16)14-7-5-13(20)6-8-14/h2-11H,1H3,(H,23,24)/b16-10+. The third-order valence-corrected chi connectivity index (χ3v) is 5.00. The SMILES string of the molecule is CC(Oc1cccc(/C=C2/SC(=S)N(c3ccc(F)cc3)C2=O)c1)C(=O)O. The number of amides is 1. The summed E-state index contributed by atoms with van der Waals surface area (Å²) in [6, 6.07) is 12.3.